The zero-order valence-electron chi connectivity index (χ0n) is 17.0. The van der Waals surface area contributed by atoms with Crippen LogP contribution in [0.3, 0.4) is 0 Å². The fourth-order valence-corrected chi connectivity index (χ4v) is 2.40. The summed E-state index contributed by atoms with van der Waals surface area (Å²) in [7, 11) is 0. The van der Waals surface area contributed by atoms with Crippen molar-refractivity contribution in [3.8, 4) is 16.8 Å². The van der Waals surface area contributed by atoms with Gasteiger partial charge in [-0.05, 0) is 35.0 Å². The Balaban J connectivity index is 0.000000479. The van der Waals surface area contributed by atoms with E-state index < -0.39 is 30.5 Å². The Hall–Kier alpha value is -3.88. The molecule has 0 aliphatic rings. The molecule has 10 nitrogen and oxygen atoms in total. The molecule has 0 aliphatic carbocycles. The largest absolute Gasteiger partial charge is 0.490 e. The molecule has 0 bridgehead atoms. The lowest BCUT2D eigenvalue weighted by molar-refractivity contribution is -0.192. The number of aryl methyl sites for hydroxylation is 1. The summed E-state index contributed by atoms with van der Waals surface area (Å²) in [6.07, 6.45) is -3.32. The topological polar surface area (TPSA) is 134 Å². The van der Waals surface area contributed by atoms with Gasteiger partial charge in [-0.2, -0.15) is 36.4 Å². The van der Waals surface area contributed by atoms with Gasteiger partial charge >= 0.3 is 17.8 Å². The number of carboxylic acid groups (broad SMARTS) is 1. The molecule has 2 heterocycles. The standard InChI is InChI=1S/C16H17F2N7O.C2HF3O2/c1-2-23-9-13(8-20-23)11-3-5-14(6-4-11)25-16(26)24(21-22-25)10-12(7-19)15(17)18;3-2(4,5)1(6)7/h3-6,8-9H,2,7,10,19H2,1H3;(H,6,7). The maximum Gasteiger partial charge on any atom is 0.490 e. The Morgan fingerprint density at radius 1 is 1.12 bits per heavy atom. The monoisotopic (exact) mass is 475 g/mol. The summed E-state index contributed by atoms with van der Waals surface area (Å²) in [6, 6.07) is 7.05. The number of benzene rings is 1. The van der Waals surface area contributed by atoms with Crippen molar-refractivity contribution in [1.29, 1.82) is 0 Å². The first-order valence-electron chi connectivity index (χ1n) is 9.17. The van der Waals surface area contributed by atoms with E-state index in [2.05, 4.69) is 15.5 Å². The van der Waals surface area contributed by atoms with E-state index in [1.807, 2.05) is 29.9 Å². The summed E-state index contributed by atoms with van der Waals surface area (Å²) in [5, 5.41) is 18.7. The van der Waals surface area contributed by atoms with E-state index in [-0.39, 0.29) is 12.1 Å². The van der Waals surface area contributed by atoms with Crippen molar-refractivity contribution in [1.82, 2.24) is 29.6 Å². The van der Waals surface area contributed by atoms with Crippen LogP contribution in [-0.4, -0.2) is 53.4 Å². The first-order chi connectivity index (χ1) is 15.5. The molecule has 0 saturated carbocycles. The second kappa shape index (κ2) is 10.6. The van der Waals surface area contributed by atoms with Gasteiger partial charge in [0, 0.05) is 30.4 Å². The molecule has 0 atom stereocenters. The minimum Gasteiger partial charge on any atom is -0.475 e. The lowest BCUT2D eigenvalue weighted by Gasteiger charge is -2.02. The van der Waals surface area contributed by atoms with E-state index in [9.17, 15) is 26.7 Å². The smallest absolute Gasteiger partial charge is 0.475 e. The minimum absolute atomic E-state index is 0.359. The van der Waals surface area contributed by atoms with Gasteiger partial charge in [0.05, 0.1) is 18.4 Å². The van der Waals surface area contributed by atoms with E-state index in [1.165, 1.54) is 0 Å². The summed E-state index contributed by atoms with van der Waals surface area (Å²) in [5.74, 6) is -2.76. The second-order valence-corrected chi connectivity index (χ2v) is 6.33. The number of carboxylic acids is 1. The number of hydrogen-bond donors (Lipinski definition) is 2. The number of halogens is 5. The van der Waals surface area contributed by atoms with Crippen molar-refractivity contribution >= 4 is 5.97 Å². The van der Waals surface area contributed by atoms with Crippen LogP contribution in [0, 0.1) is 0 Å². The zero-order valence-corrected chi connectivity index (χ0v) is 17.0. The number of hydrogen-bond acceptors (Lipinski definition) is 6. The molecule has 178 valence electrons. The quantitative estimate of drug-likeness (QED) is 0.521. The lowest BCUT2D eigenvalue weighted by Crippen LogP contribution is -2.26. The molecule has 0 aliphatic heterocycles. The fourth-order valence-electron chi connectivity index (χ4n) is 2.40. The van der Waals surface area contributed by atoms with Gasteiger partial charge in [-0.1, -0.05) is 12.1 Å². The Labute approximate surface area is 182 Å². The van der Waals surface area contributed by atoms with Gasteiger partial charge in [0.2, 0.25) is 0 Å². The van der Waals surface area contributed by atoms with Gasteiger partial charge in [0.25, 0.3) is 6.08 Å². The SMILES string of the molecule is CCn1cc(-c2ccc(-n3nnn(CC(CN)=C(F)F)c3=O)cc2)cn1.O=C(O)C(F)(F)F. The summed E-state index contributed by atoms with van der Waals surface area (Å²) in [4.78, 5) is 21.2. The molecule has 0 fully saturated rings. The van der Waals surface area contributed by atoms with Crippen LogP contribution in [0.1, 0.15) is 6.92 Å². The second-order valence-electron chi connectivity index (χ2n) is 6.33. The van der Waals surface area contributed by atoms with Gasteiger partial charge in [-0.3, -0.25) is 4.68 Å². The predicted octanol–water partition coefficient (Wildman–Crippen LogP) is 2.06. The lowest BCUT2D eigenvalue weighted by atomic mass is 10.1. The van der Waals surface area contributed by atoms with Crippen molar-refractivity contribution in [3.63, 3.8) is 0 Å². The van der Waals surface area contributed by atoms with E-state index >= 15 is 0 Å². The highest BCUT2D eigenvalue weighted by atomic mass is 19.4. The van der Waals surface area contributed by atoms with Crippen molar-refractivity contribution in [2.24, 2.45) is 5.73 Å². The average Bonchev–Trinajstić information content (AvgIpc) is 3.38. The van der Waals surface area contributed by atoms with Gasteiger partial charge < -0.3 is 10.8 Å². The first kappa shape index (κ1) is 25.4. The van der Waals surface area contributed by atoms with Crippen LogP contribution < -0.4 is 11.4 Å². The normalized spacial score (nSPS) is 11.0. The van der Waals surface area contributed by atoms with Crippen molar-refractivity contribution in [2.45, 2.75) is 26.2 Å². The van der Waals surface area contributed by atoms with Crippen molar-refractivity contribution < 1.29 is 31.9 Å². The van der Waals surface area contributed by atoms with E-state index in [4.69, 9.17) is 15.6 Å². The number of aliphatic carboxylic acids is 1. The summed E-state index contributed by atoms with van der Waals surface area (Å²) in [6.45, 7) is 2.01. The Bertz CT molecular complexity index is 1180. The van der Waals surface area contributed by atoms with Crippen LogP contribution in [0.15, 0.2) is 53.1 Å². The fraction of sp³-hybridized carbons (Fsp3) is 0.278. The Kier molecular flexibility index (Phi) is 8.17. The van der Waals surface area contributed by atoms with Crippen LogP contribution in [0.25, 0.3) is 16.8 Å². The number of tetrazole rings is 1. The number of nitrogens with zero attached hydrogens (tertiary/aromatic N) is 6. The maximum absolute atomic E-state index is 12.7. The molecule has 0 unspecified atom stereocenters. The van der Waals surface area contributed by atoms with Crippen LogP contribution in [0.2, 0.25) is 0 Å². The van der Waals surface area contributed by atoms with Crippen LogP contribution in [0.5, 0.6) is 0 Å². The molecular weight excluding hydrogens is 457 g/mol. The first-order valence-corrected chi connectivity index (χ1v) is 9.17. The van der Waals surface area contributed by atoms with Crippen LogP contribution >= 0.6 is 0 Å². The molecule has 1 aromatic carbocycles. The molecule has 0 amide bonds. The third-order valence-electron chi connectivity index (χ3n) is 4.14. The summed E-state index contributed by atoms with van der Waals surface area (Å²) >= 11 is 0. The predicted molar refractivity (Wildman–Crippen MR) is 105 cm³/mol. The van der Waals surface area contributed by atoms with Crippen molar-refractivity contribution in [2.75, 3.05) is 6.54 Å². The number of nitrogens with two attached hydrogens (primary N) is 1. The summed E-state index contributed by atoms with van der Waals surface area (Å²) < 4.78 is 60.8. The third-order valence-corrected chi connectivity index (χ3v) is 4.14. The number of rotatable bonds is 6. The number of aromatic nitrogens is 6. The molecule has 3 rings (SSSR count). The molecular formula is C18H18F5N7O3. The third kappa shape index (κ3) is 6.55. The minimum atomic E-state index is -5.08. The maximum atomic E-state index is 12.7. The molecule has 33 heavy (non-hydrogen) atoms. The van der Waals surface area contributed by atoms with Gasteiger partial charge in [0.15, 0.2) is 0 Å². The molecule has 0 saturated heterocycles. The average molecular weight is 475 g/mol. The van der Waals surface area contributed by atoms with Gasteiger partial charge in [0.1, 0.15) is 0 Å². The highest BCUT2D eigenvalue weighted by molar-refractivity contribution is 5.73. The molecule has 3 N–H and O–H groups in total. The Morgan fingerprint density at radius 2 is 1.73 bits per heavy atom. The van der Waals surface area contributed by atoms with Crippen LogP contribution in [-0.2, 0) is 17.9 Å². The van der Waals surface area contributed by atoms with E-state index in [0.717, 1.165) is 27.0 Å². The molecule has 2 aromatic heterocycles. The van der Waals surface area contributed by atoms with Crippen molar-refractivity contribution in [3.05, 3.63) is 58.8 Å². The van der Waals surface area contributed by atoms with Crippen LogP contribution in [0.4, 0.5) is 22.0 Å². The molecule has 0 spiro atoms. The van der Waals surface area contributed by atoms with Gasteiger partial charge in [-0.15, -0.1) is 0 Å². The molecule has 15 heteroatoms. The highest BCUT2D eigenvalue weighted by Crippen LogP contribution is 2.20. The van der Waals surface area contributed by atoms with Gasteiger partial charge in [-0.25, -0.2) is 9.59 Å². The highest BCUT2D eigenvalue weighted by Gasteiger charge is 2.38. The Morgan fingerprint density at radius 3 is 2.18 bits per heavy atom. The zero-order chi connectivity index (χ0) is 24.8. The molecule has 0 radical (unpaired) electrons. The number of carbonyl (C=O) groups is 1. The van der Waals surface area contributed by atoms with E-state index in [0.29, 0.717) is 5.69 Å². The number of alkyl halides is 3. The molecule has 3 aromatic rings. The summed E-state index contributed by atoms with van der Waals surface area (Å²) in [5.41, 5.74) is 6.64. The van der Waals surface area contributed by atoms with E-state index in [1.54, 1.807) is 18.3 Å².